The van der Waals surface area contributed by atoms with Crippen molar-refractivity contribution in [2.45, 2.75) is 81.7 Å². The van der Waals surface area contributed by atoms with Crippen LogP contribution < -0.4 is 0 Å². The Balaban J connectivity index is 1.45. The molecule has 8 N–H and O–H groups in total. The Hall–Kier alpha value is -3.31. The third-order valence-corrected chi connectivity index (χ3v) is 7.48. The van der Waals surface area contributed by atoms with Crippen LogP contribution in [0.3, 0.4) is 0 Å². The average Bonchev–Trinajstić information content (AvgIpc) is 2.99. The van der Waals surface area contributed by atoms with Crippen LogP contribution >= 0.6 is 0 Å². The van der Waals surface area contributed by atoms with Crippen molar-refractivity contribution in [3.8, 4) is 17.2 Å². The highest BCUT2D eigenvalue weighted by Crippen LogP contribution is 2.29. The Morgan fingerprint density at radius 2 is 1.52 bits per heavy atom. The number of hydrogen-bond acceptors (Lipinski definition) is 14. The number of phenols is 3. The molecule has 0 amide bonds. The van der Waals surface area contributed by atoms with E-state index >= 15 is 0 Å². The van der Waals surface area contributed by atoms with Gasteiger partial charge in [0.15, 0.2) is 30.2 Å². The molecule has 0 spiro atoms. The lowest BCUT2D eigenvalue weighted by Crippen LogP contribution is -2.62. The fraction of sp³-hybridized carbons (Fsp3) is 0.500. The van der Waals surface area contributed by atoms with Crippen molar-refractivity contribution in [3.05, 3.63) is 59.2 Å². The van der Waals surface area contributed by atoms with E-state index in [4.69, 9.17) is 23.7 Å². The number of phenolic OH excluding ortho intramolecular Hbond substituents is 3. The first-order valence-electron chi connectivity index (χ1n) is 14.0. The number of esters is 1. The van der Waals surface area contributed by atoms with Gasteiger partial charge in [0, 0.05) is 6.08 Å². The summed E-state index contributed by atoms with van der Waals surface area (Å²) < 4.78 is 28.0. The molecule has 2 saturated heterocycles. The molecule has 0 radical (unpaired) electrons. The van der Waals surface area contributed by atoms with Gasteiger partial charge < -0.3 is 64.5 Å². The van der Waals surface area contributed by atoms with E-state index < -0.39 is 79.7 Å². The lowest BCUT2D eigenvalue weighted by molar-refractivity contribution is -0.328. The number of benzene rings is 2. The topological polar surface area (TPSA) is 225 Å². The Morgan fingerprint density at radius 1 is 0.818 bits per heavy atom. The number of hydrogen-bond donors (Lipinski definition) is 8. The van der Waals surface area contributed by atoms with Crippen LogP contribution in [-0.4, -0.2) is 121 Å². The monoisotopic (exact) mass is 622 g/mol. The summed E-state index contributed by atoms with van der Waals surface area (Å²) in [6.45, 7) is 2.77. The van der Waals surface area contributed by atoms with E-state index in [0.29, 0.717) is 17.5 Å². The molecular formula is C30H38O14. The van der Waals surface area contributed by atoms with Crippen LogP contribution in [0.5, 0.6) is 17.2 Å². The number of carbonyl (C=O) groups excluding carboxylic acids is 1. The molecular weight excluding hydrogens is 584 g/mol. The highest BCUT2D eigenvalue weighted by Gasteiger charge is 2.49. The number of aliphatic hydroxyl groups is 5. The van der Waals surface area contributed by atoms with Gasteiger partial charge in [-0.2, -0.15) is 0 Å². The van der Waals surface area contributed by atoms with Crippen LogP contribution in [0.4, 0.5) is 0 Å². The molecule has 10 atom stereocenters. The van der Waals surface area contributed by atoms with E-state index in [2.05, 4.69) is 0 Å². The second-order valence-corrected chi connectivity index (χ2v) is 10.8. The van der Waals surface area contributed by atoms with E-state index in [1.165, 1.54) is 31.2 Å². The molecule has 4 rings (SSSR count). The van der Waals surface area contributed by atoms with Crippen LogP contribution in [0, 0.1) is 6.92 Å². The lowest BCUT2D eigenvalue weighted by Gasteiger charge is -2.43. The van der Waals surface area contributed by atoms with Gasteiger partial charge in [-0.25, -0.2) is 4.79 Å². The van der Waals surface area contributed by atoms with Crippen molar-refractivity contribution >= 4 is 12.0 Å². The predicted octanol–water partition coefficient (Wildman–Crippen LogP) is -0.413. The summed E-state index contributed by atoms with van der Waals surface area (Å²) >= 11 is 0. The van der Waals surface area contributed by atoms with Crippen LogP contribution in [0.25, 0.3) is 6.08 Å². The standard InChI is InChI=1S/C30H38O14/c1-14-3-4-17(11-19(14)32)9-10-40-29-27(39)25(37)28(44-22(34)8-6-16-5-7-18(31)20(33)12-16)21(43-29)13-41-30-26(38)24(36)23(35)15(2)42-30/h3-8,11-12,15,21,23-33,35-39H,9-10,13H2,1-2H3/b8-6+/t15-,21+,23-,24+,25+,26+,27+,28+,29+,30+/m0/s1. The first-order chi connectivity index (χ1) is 20.8. The average molecular weight is 623 g/mol. The molecule has 0 unspecified atom stereocenters. The van der Waals surface area contributed by atoms with Crippen molar-refractivity contribution in [1.29, 1.82) is 0 Å². The zero-order valence-electron chi connectivity index (χ0n) is 24.0. The fourth-order valence-corrected chi connectivity index (χ4v) is 4.75. The summed E-state index contributed by atoms with van der Waals surface area (Å²) in [5, 5.41) is 81.2. The van der Waals surface area contributed by atoms with Crippen molar-refractivity contribution in [2.24, 2.45) is 0 Å². The molecule has 0 bridgehead atoms. The summed E-state index contributed by atoms with van der Waals surface area (Å²) in [4.78, 5) is 12.7. The van der Waals surface area contributed by atoms with Crippen LogP contribution in [-0.2, 0) is 34.9 Å². The molecule has 2 aliphatic rings. The Bertz CT molecular complexity index is 1300. The van der Waals surface area contributed by atoms with Gasteiger partial charge in [-0.3, -0.25) is 0 Å². The molecule has 44 heavy (non-hydrogen) atoms. The summed E-state index contributed by atoms with van der Waals surface area (Å²) in [6.07, 6.45) is -11.8. The third kappa shape index (κ3) is 8.04. The minimum atomic E-state index is -1.72. The molecule has 14 nitrogen and oxygen atoms in total. The minimum absolute atomic E-state index is 0.0171. The van der Waals surface area contributed by atoms with E-state index in [1.54, 1.807) is 25.1 Å². The molecule has 2 aromatic carbocycles. The summed E-state index contributed by atoms with van der Waals surface area (Å²) in [6, 6.07) is 8.98. The largest absolute Gasteiger partial charge is 0.508 e. The van der Waals surface area contributed by atoms with Gasteiger partial charge in [0.1, 0.15) is 42.4 Å². The summed E-state index contributed by atoms with van der Waals surface area (Å²) in [7, 11) is 0. The number of aryl methyl sites for hydroxylation is 1. The maximum absolute atomic E-state index is 12.7. The van der Waals surface area contributed by atoms with Crippen LogP contribution in [0.15, 0.2) is 42.5 Å². The van der Waals surface area contributed by atoms with Crippen LogP contribution in [0.2, 0.25) is 0 Å². The van der Waals surface area contributed by atoms with Crippen molar-refractivity contribution in [3.63, 3.8) is 0 Å². The predicted molar refractivity (Wildman–Crippen MR) is 150 cm³/mol. The summed E-state index contributed by atoms with van der Waals surface area (Å²) in [5.41, 5.74) is 1.80. The van der Waals surface area contributed by atoms with E-state index in [9.17, 15) is 45.6 Å². The highest BCUT2D eigenvalue weighted by molar-refractivity contribution is 5.87. The maximum atomic E-state index is 12.7. The quantitative estimate of drug-likeness (QED) is 0.0958. The Kier molecular flexibility index (Phi) is 11.2. The van der Waals surface area contributed by atoms with Gasteiger partial charge in [0.05, 0.1) is 19.3 Å². The smallest absolute Gasteiger partial charge is 0.331 e. The SMILES string of the molecule is Cc1ccc(CCO[C@@H]2O[C@H](CO[C@@H]3O[C@@H](C)[C@H](O)[C@@H](O)[C@H]3O)[C@@H](OC(=O)/C=C/c3ccc(O)c(O)c3)[C@H](O)[C@H]2O)cc1O. The number of rotatable bonds is 10. The first-order valence-corrected chi connectivity index (χ1v) is 14.0. The van der Waals surface area contributed by atoms with Crippen molar-refractivity contribution in [2.75, 3.05) is 13.2 Å². The summed E-state index contributed by atoms with van der Waals surface area (Å²) in [5.74, 6) is -1.59. The Labute approximate surface area is 252 Å². The molecule has 0 saturated carbocycles. The zero-order chi connectivity index (χ0) is 32.1. The molecule has 2 aliphatic heterocycles. The molecule has 0 aliphatic carbocycles. The zero-order valence-corrected chi connectivity index (χ0v) is 24.0. The normalized spacial score (nSPS) is 32.5. The molecule has 2 aromatic rings. The third-order valence-electron chi connectivity index (χ3n) is 7.48. The van der Waals surface area contributed by atoms with Gasteiger partial charge in [-0.05, 0) is 61.2 Å². The molecule has 0 aromatic heterocycles. The van der Waals surface area contributed by atoms with E-state index in [-0.39, 0.29) is 18.1 Å². The van der Waals surface area contributed by atoms with E-state index in [0.717, 1.165) is 11.6 Å². The highest BCUT2D eigenvalue weighted by atomic mass is 16.7. The number of aromatic hydroxyl groups is 3. The Morgan fingerprint density at radius 3 is 2.23 bits per heavy atom. The molecule has 2 fully saturated rings. The first kappa shape index (κ1) is 33.6. The van der Waals surface area contributed by atoms with Gasteiger partial charge >= 0.3 is 5.97 Å². The number of carbonyl (C=O) groups is 1. The minimum Gasteiger partial charge on any atom is -0.508 e. The van der Waals surface area contributed by atoms with Crippen molar-refractivity contribution < 1.29 is 69.3 Å². The molecule has 242 valence electrons. The molecule has 2 heterocycles. The van der Waals surface area contributed by atoms with Gasteiger partial charge in [-0.15, -0.1) is 0 Å². The fourth-order valence-electron chi connectivity index (χ4n) is 4.75. The maximum Gasteiger partial charge on any atom is 0.331 e. The number of ether oxygens (including phenoxy) is 5. The second-order valence-electron chi connectivity index (χ2n) is 10.8. The lowest BCUT2D eigenvalue weighted by atomic mass is 9.98. The van der Waals surface area contributed by atoms with Gasteiger partial charge in [0.2, 0.25) is 0 Å². The van der Waals surface area contributed by atoms with Gasteiger partial charge in [0.25, 0.3) is 0 Å². The second kappa shape index (κ2) is 14.6. The van der Waals surface area contributed by atoms with E-state index in [1.807, 2.05) is 0 Å². The van der Waals surface area contributed by atoms with Crippen molar-refractivity contribution in [1.82, 2.24) is 0 Å². The van der Waals surface area contributed by atoms with Crippen LogP contribution in [0.1, 0.15) is 23.6 Å². The molecule has 14 heteroatoms. The van der Waals surface area contributed by atoms with Gasteiger partial charge in [-0.1, -0.05) is 18.2 Å². The number of aliphatic hydroxyl groups excluding tert-OH is 5.